The topological polar surface area (TPSA) is 62.7 Å². The van der Waals surface area contributed by atoms with Crippen LogP contribution in [0.5, 0.6) is 11.6 Å². The van der Waals surface area contributed by atoms with Gasteiger partial charge in [-0.1, -0.05) is 32.0 Å². The van der Waals surface area contributed by atoms with E-state index in [0.717, 1.165) is 11.1 Å². The number of fused-ring (bicyclic) bond motifs is 1. The molecule has 1 aliphatic rings. The van der Waals surface area contributed by atoms with Crippen molar-refractivity contribution in [3.8, 4) is 11.6 Å². The highest BCUT2D eigenvalue weighted by molar-refractivity contribution is 5.90. The molecule has 0 atom stereocenters. The van der Waals surface area contributed by atoms with Crippen LogP contribution in [0.1, 0.15) is 25.0 Å². The van der Waals surface area contributed by atoms with E-state index in [9.17, 15) is 9.90 Å². The van der Waals surface area contributed by atoms with Gasteiger partial charge in [-0.3, -0.25) is 4.90 Å². The monoisotopic (exact) mass is 298 g/mol. The van der Waals surface area contributed by atoms with Gasteiger partial charge in [-0.25, -0.2) is 9.78 Å². The minimum atomic E-state index is -0.958. The second kappa shape index (κ2) is 5.02. The summed E-state index contributed by atoms with van der Waals surface area (Å²) in [6, 6.07) is 9.35. The summed E-state index contributed by atoms with van der Waals surface area (Å²) < 4.78 is 5.80. The number of carbonyl (C=O) groups is 1. The molecule has 0 saturated carbocycles. The van der Waals surface area contributed by atoms with Crippen molar-refractivity contribution in [1.82, 2.24) is 4.98 Å². The molecule has 1 aromatic heterocycles. The third-order valence-corrected chi connectivity index (χ3v) is 3.97. The summed E-state index contributed by atoms with van der Waals surface area (Å²) in [7, 11) is 0. The molecule has 114 valence electrons. The largest absolute Gasteiger partial charge is 0.465 e. The molecule has 2 heterocycles. The van der Waals surface area contributed by atoms with Crippen LogP contribution in [0.15, 0.2) is 36.5 Å². The zero-order valence-electron chi connectivity index (χ0n) is 12.8. The van der Waals surface area contributed by atoms with Gasteiger partial charge < -0.3 is 9.84 Å². The fraction of sp³-hybridized carbons (Fsp3) is 0.294. The zero-order valence-corrected chi connectivity index (χ0v) is 12.8. The number of amides is 1. The van der Waals surface area contributed by atoms with Crippen LogP contribution in [0.25, 0.3) is 0 Å². The standard InChI is InChI=1S/C17H18N2O3/c1-11-6-4-5-7-14(11)22-15-8-13-12(9-18-15)17(2,3)10-19(13)16(20)21/h4-9H,10H2,1-3H3,(H,20,21). The third-order valence-electron chi connectivity index (χ3n) is 3.97. The molecule has 3 rings (SSSR count). The zero-order chi connectivity index (χ0) is 15.9. The Morgan fingerprint density at radius 3 is 2.77 bits per heavy atom. The molecule has 1 aliphatic heterocycles. The van der Waals surface area contributed by atoms with Gasteiger partial charge in [0.15, 0.2) is 0 Å². The first kappa shape index (κ1) is 14.4. The van der Waals surface area contributed by atoms with E-state index in [1.54, 1.807) is 12.3 Å². The number of carboxylic acid groups (broad SMARTS) is 1. The number of rotatable bonds is 2. The molecule has 1 N–H and O–H groups in total. The maximum absolute atomic E-state index is 11.4. The van der Waals surface area contributed by atoms with E-state index >= 15 is 0 Å². The normalized spacial score (nSPS) is 15.5. The number of hydrogen-bond acceptors (Lipinski definition) is 3. The molecular weight excluding hydrogens is 280 g/mol. The number of aryl methyl sites for hydroxylation is 1. The molecule has 0 spiro atoms. The van der Waals surface area contributed by atoms with Gasteiger partial charge in [0.05, 0.1) is 5.69 Å². The van der Waals surface area contributed by atoms with E-state index < -0.39 is 6.09 Å². The first-order valence-corrected chi connectivity index (χ1v) is 7.13. The number of anilines is 1. The molecule has 0 radical (unpaired) electrons. The smallest absolute Gasteiger partial charge is 0.411 e. The molecule has 22 heavy (non-hydrogen) atoms. The molecule has 1 aromatic carbocycles. The summed E-state index contributed by atoms with van der Waals surface area (Å²) in [6.07, 6.45) is 0.756. The first-order valence-electron chi connectivity index (χ1n) is 7.13. The summed E-state index contributed by atoms with van der Waals surface area (Å²) in [5.74, 6) is 1.12. The number of pyridine rings is 1. The van der Waals surface area contributed by atoms with E-state index in [1.807, 2.05) is 45.0 Å². The summed E-state index contributed by atoms with van der Waals surface area (Å²) >= 11 is 0. The Balaban J connectivity index is 1.99. The quantitative estimate of drug-likeness (QED) is 0.911. The Morgan fingerprint density at radius 1 is 1.36 bits per heavy atom. The van der Waals surface area contributed by atoms with Gasteiger partial charge in [0.25, 0.3) is 0 Å². The molecule has 5 heteroatoms. The average molecular weight is 298 g/mol. The van der Waals surface area contributed by atoms with Crippen molar-refractivity contribution in [3.05, 3.63) is 47.7 Å². The molecule has 0 saturated heterocycles. The molecule has 0 aliphatic carbocycles. The van der Waals surface area contributed by atoms with E-state index in [2.05, 4.69) is 4.98 Å². The summed E-state index contributed by atoms with van der Waals surface area (Å²) in [4.78, 5) is 17.1. The fourth-order valence-corrected chi connectivity index (χ4v) is 2.75. The Kier molecular flexibility index (Phi) is 3.28. The van der Waals surface area contributed by atoms with Gasteiger partial charge in [-0.2, -0.15) is 0 Å². The van der Waals surface area contributed by atoms with Gasteiger partial charge in [0.1, 0.15) is 5.75 Å². The van der Waals surface area contributed by atoms with Gasteiger partial charge >= 0.3 is 6.09 Å². The first-order chi connectivity index (χ1) is 10.4. The molecule has 2 aromatic rings. The van der Waals surface area contributed by atoms with Crippen molar-refractivity contribution in [2.24, 2.45) is 0 Å². The van der Waals surface area contributed by atoms with Crippen LogP contribution < -0.4 is 9.64 Å². The highest BCUT2D eigenvalue weighted by Gasteiger charge is 2.38. The van der Waals surface area contributed by atoms with Crippen molar-refractivity contribution >= 4 is 11.8 Å². The number of hydrogen-bond donors (Lipinski definition) is 1. The van der Waals surface area contributed by atoms with E-state index in [0.29, 0.717) is 23.9 Å². The Hall–Kier alpha value is -2.56. The van der Waals surface area contributed by atoms with Crippen molar-refractivity contribution in [2.75, 3.05) is 11.4 Å². The number of ether oxygens (including phenoxy) is 1. The lowest BCUT2D eigenvalue weighted by atomic mass is 9.88. The van der Waals surface area contributed by atoms with Gasteiger partial charge in [0, 0.05) is 29.8 Å². The summed E-state index contributed by atoms with van der Waals surface area (Å²) in [5, 5.41) is 9.38. The Labute approximate surface area is 129 Å². The van der Waals surface area contributed by atoms with E-state index in [4.69, 9.17) is 4.74 Å². The van der Waals surface area contributed by atoms with Crippen LogP contribution in [0.4, 0.5) is 10.5 Å². The summed E-state index contributed by atoms with van der Waals surface area (Å²) in [5.41, 5.74) is 2.32. The fourth-order valence-electron chi connectivity index (χ4n) is 2.75. The van der Waals surface area contributed by atoms with E-state index in [1.165, 1.54) is 4.90 Å². The molecule has 0 bridgehead atoms. The lowest BCUT2D eigenvalue weighted by molar-refractivity contribution is 0.201. The number of benzene rings is 1. The highest BCUT2D eigenvalue weighted by Crippen LogP contribution is 2.41. The average Bonchev–Trinajstić information content (AvgIpc) is 2.73. The lowest BCUT2D eigenvalue weighted by Gasteiger charge is -2.17. The SMILES string of the molecule is Cc1ccccc1Oc1cc2c(cn1)C(C)(C)CN2C(=O)O. The second-order valence-electron chi connectivity index (χ2n) is 6.16. The Morgan fingerprint density at radius 2 is 2.09 bits per heavy atom. The minimum Gasteiger partial charge on any atom is -0.465 e. The summed E-state index contributed by atoms with van der Waals surface area (Å²) in [6.45, 7) is 6.40. The highest BCUT2D eigenvalue weighted by atomic mass is 16.5. The lowest BCUT2D eigenvalue weighted by Crippen LogP contribution is -2.32. The van der Waals surface area contributed by atoms with Crippen molar-refractivity contribution < 1.29 is 14.6 Å². The van der Waals surface area contributed by atoms with Crippen molar-refractivity contribution in [2.45, 2.75) is 26.2 Å². The molecule has 1 amide bonds. The van der Waals surface area contributed by atoms with Gasteiger partial charge in [-0.05, 0) is 18.6 Å². The molecular formula is C17H18N2O3. The van der Waals surface area contributed by atoms with Crippen LogP contribution in [-0.4, -0.2) is 22.7 Å². The number of aromatic nitrogens is 1. The second-order valence-corrected chi connectivity index (χ2v) is 6.16. The van der Waals surface area contributed by atoms with Gasteiger partial charge in [-0.15, -0.1) is 0 Å². The van der Waals surface area contributed by atoms with Crippen molar-refractivity contribution in [3.63, 3.8) is 0 Å². The predicted octanol–water partition coefficient (Wildman–Crippen LogP) is 3.96. The van der Waals surface area contributed by atoms with Crippen molar-refractivity contribution in [1.29, 1.82) is 0 Å². The maximum atomic E-state index is 11.4. The van der Waals surface area contributed by atoms with Crippen LogP contribution in [0, 0.1) is 6.92 Å². The molecule has 0 fully saturated rings. The molecule has 0 unspecified atom stereocenters. The van der Waals surface area contributed by atoms with E-state index in [-0.39, 0.29) is 5.41 Å². The van der Waals surface area contributed by atoms with Crippen LogP contribution >= 0.6 is 0 Å². The van der Waals surface area contributed by atoms with Crippen LogP contribution in [0.2, 0.25) is 0 Å². The maximum Gasteiger partial charge on any atom is 0.411 e. The third kappa shape index (κ3) is 2.39. The number of nitrogens with zero attached hydrogens (tertiary/aromatic N) is 2. The minimum absolute atomic E-state index is 0.248. The van der Waals surface area contributed by atoms with Crippen LogP contribution in [-0.2, 0) is 5.41 Å². The molecule has 5 nitrogen and oxygen atoms in total. The predicted molar refractivity (Wildman–Crippen MR) is 83.9 cm³/mol. The Bertz CT molecular complexity index is 740. The number of para-hydroxylation sites is 1. The van der Waals surface area contributed by atoms with Gasteiger partial charge in [0.2, 0.25) is 5.88 Å². The van der Waals surface area contributed by atoms with Crippen LogP contribution in [0.3, 0.4) is 0 Å².